The van der Waals surface area contributed by atoms with E-state index in [0.717, 1.165) is 12.3 Å². The Bertz CT molecular complexity index is 107. The molecule has 0 bridgehead atoms. The van der Waals surface area contributed by atoms with Gasteiger partial charge in [-0.15, -0.1) is 0 Å². The number of unbranched alkanes of at least 4 members (excludes halogenated alkanes) is 1. The predicted molar refractivity (Wildman–Crippen MR) is 47.4 cm³/mol. The first-order valence-corrected chi connectivity index (χ1v) is 4.93. The molecule has 1 aliphatic carbocycles. The average molecular weight is 156 g/mol. The third kappa shape index (κ3) is 2.82. The summed E-state index contributed by atoms with van der Waals surface area (Å²) in [5.41, 5.74) is 0. The Morgan fingerprint density at radius 3 is 2.55 bits per heavy atom. The van der Waals surface area contributed by atoms with Gasteiger partial charge in [-0.25, -0.2) is 0 Å². The third-order valence-corrected chi connectivity index (χ3v) is 2.83. The van der Waals surface area contributed by atoms with Crippen molar-refractivity contribution >= 4 is 0 Å². The number of hydrogen-bond donors (Lipinski definition) is 1. The van der Waals surface area contributed by atoms with Crippen molar-refractivity contribution in [3.05, 3.63) is 0 Å². The SMILES string of the molecule is CCCCC(O)C(C)C1CC1. The molecule has 1 aliphatic rings. The van der Waals surface area contributed by atoms with Crippen molar-refractivity contribution in [3.63, 3.8) is 0 Å². The van der Waals surface area contributed by atoms with Gasteiger partial charge < -0.3 is 5.11 Å². The highest BCUT2D eigenvalue weighted by atomic mass is 16.3. The summed E-state index contributed by atoms with van der Waals surface area (Å²) in [6.07, 6.45) is 6.07. The van der Waals surface area contributed by atoms with Crippen molar-refractivity contribution < 1.29 is 5.11 Å². The highest BCUT2D eigenvalue weighted by Crippen LogP contribution is 2.38. The number of aliphatic hydroxyl groups excluding tert-OH is 1. The molecule has 0 heterocycles. The lowest BCUT2D eigenvalue weighted by Crippen LogP contribution is -2.18. The quantitative estimate of drug-likeness (QED) is 0.648. The van der Waals surface area contributed by atoms with Gasteiger partial charge in [-0.1, -0.05) is 26.7 Å². The zero-order chi connectivity index (χ0) is 8.27. The molecule has 0 aliphatic heterocycles. The lowest BCUT2D eigenvalue weighted by molar-refractivity contribution is 0.0942. The Morgan fingerprint density at radius 1 is 1.45 bits per heavy atom. The normalized spacial score (nSPS) is 23.2. The molecule has 0 amide bonds. The molecule has 0 aromatic carbocycles. The summed E-state index contributed by atoms with van der Waals surface area (Å²) in [7, 11) is 0. The van der Waals surface area contributed by atoms with E-state index in [1.807, 2.05) is 0 Å². The molecule has 1 saturated carbocycles. The van der Waals surface area contributed by atoms with Crippen LogP contribution < -0.4 is 0 Å². The van der Waals surface area contributed by atoms with Crippen LogP contribution in [-0.4, -0.2) is 11.2 Å². The standard InChI is InChI=1S/C10H20O/c1-3-4-5-10(11)8(2)9-6-7-9/h8-11H,3-7H2,1-2H3. The summed E-state index contributed by atoms with van der Waals surface area (Å²) >= 11 is 0. The highest BCUT2D eigenvalue weighted by molar-refractivity contribution is 4.82. The number of hydrogen-bond acceptors (Lipinski definition) is 1. The fraction of sp³-hybridized carbons (Fsp3) is 1.00. The van der Waals surface area contributed by atoms with Crippen molar-refractivity contribution in [1.82, 2.24) is 0 Å². The summed E-state index contributed by atoms with van der Waals surface area (Å²) in [4.78, 5) is 0. The van der Waals surface area contributed by atoms with Crippen molar-refractivity contribution in [2.24, 2.45) is 11.8 Å². The second-order valence-electron chi connectivity index (χ2n) is 3.91. The monoisotopic (exact) mass is 156 g/mol. The van der Waals surface area contributed by atoms with E-state index in [2.05, 4.69) is 13.8 Å². The van der Waals surface area contributed by atoms with Gasteiger partial charge in [0.25, 0.3) is 0 Å². The lowest BCUT2D eigenvalue weighted by atomic mass is 9.95. The van der Waals surface area contributed by atoms with E-state index in [0.29, 0.717) is 5.92 Å². The van der Waals surface area contributed by atoms with Crippen LogP contribution in [0.4, 0.5) is 0 Å². The van der Waals surface area contributed by atoms with Gasteiger partial charge >= 0.3 is 0 Å². The molecule has 11 heavy (non-hydrogen) atoms. The van der Waals surface area contributed by atoms with E-state index in [-0.39, 0.29) is 6.10 Å². The Labute approximate surface area is 69.8 Å². The molecule has 1 heteroatoms. The summed E-state index contributed by atoms with van der Waals surface area (Å²) in [5.74, 6) is 1.41. The predicted octanol–water partition coefficient (Wildman–Crippen LogP) is 2.58. The minimum absolute atomic E-state index is 0.0255. The molecule has 0 aromatic rings. The maximum absolute atomic E-state index is 9.66. The average Bonchev–Trinajstić information content (AvgIpc) is 2.81. The van der Waals surface area contributed by atoms with Crippen LogP contribution in [0.15, 0.2) is 0 Å². The van der Waals surface area contributed by atoms with E-state index in [4.69, 9.17) is 0 Å². The first-order chi connectivity index (χ1) is 5.25. The van der Waals surface area contributed by atoms with E-state index in [9.17, 15) is 5.11 Å². The molecule has 1 rings (SSSR count). The topological polar surface area (TPSA) is 20.2 Å². The van der Waals surface area contributed by atoms with Crippen molar-refractivity contribution in [1.29, 1.82) is 0 Å². The van der Waals surface area contributed by atoms with Crippen molar-refractivity contribution in [2.75, 3.05) is 0 Å². The summed E-state index contributed by atoms with van der Waals surface area (Å²) < 4.78 is 0. The fourth-order valence-corrected chi connectivity index (χ4v) is 1.61. The van der Waals surface area contributed by atoms with Crippen LogP contribution in [0.1, 0.15) is 46.0 Å². The Balaban J connectivity index is 2.11. The first kappa shape index (κ1) is 9.05. The van der Waals surface area contributed by atoms with E-state index in [1.165, 1.54) is 25.7 Å². The molecule has 0 spiro atoms. The third-order valence-electron chi connectivity index (χ3n) is 2.83. The summed E-state index contributed by atoms with van der Waals surface area (Å²) in [5, 5.41) is 9.66. The largest absolute Gasteiger partial charge is 0.393 e. The Kier molecular flexibility index (Phi) is 3.38. The minimum atomic E-state index is -0.0255. The molecule has 1 nitrogen and oxygen atoms in total. The van der Waals surface area contributed by atoms with Gasteiger partial charge in [0.15, 0.2) is 0 Å². The zero-order valence-electron chi connectivity index (χ0n) is 7.71. The molecule has 2 atom stereocenters. The van der Waals surface area contributed by atoms with Crippen LogP contribution in [0.5, 0.6) is 0 Å². The Hall–Kier alpha value is -0.0400. The van der Waals surface area contributed by atoms with E-state index in [1.54, 1.807) is 0 Å². The van der Waals surface area contributed by atoms with Crippen LogP contribution in [0.3, 0.4) is 0 Å². The van der Waals surface area contributed by atoms with Gasteiger partial charge in [-0.3, -0.25) is 0 Å². The van der Waals surface area contributed by atoms with Crippen LogP contribution in [0.25, 0.3) is 0 Å². The second-order valence-corrected chi connectivity index (χ2v) is 3.91. The van der Waals surface area contributed by atoms with E-state index < -0.39 is 0 Å². The molecule has 1 fully saturated rings. The Morgan fingerprint density at radius 2 is 2.09 bits per heavy atom. The fourth-order valence-electron chi connectivity index (χ4n) is 1.61. The van der Waals surface area contributed by atoms with Crippen LogP contribution in [0, 0.1) is 11.8 Å². The van der Waals surface area contributed by atoms with Crippen LogP contribution >= 0.6 is 0 Å². The number of rotatable bonds is 5. The molecular formula is C10H20O. The van der Waals surface area contributed by atoms with Crippen LogP contribution in [-0.2, 0) is 0 Å². The molecular weight excluding hydrogens is 136 g/mol. The van der Waals surface area contributed by atoms with Gasteiger partial charge in [-0.05, 0) is 31.1 Å². The first-order valence-electron chi connectivity index (χ1n) is 4.93. The second kappa shape index (κ2) is 4.10. The van der Waals surface area contributed by atoms with Gasteiger partial charge in [0.2, 0.25) is 0 Å². The molecule has 1 N–H and O–H groups in total. The van der Waals surface area contributed by atoms with Gasteiger partial charge in [-0.2, -0.15) is 0 Å². The number of aliphatic hydroxyl groups is 1. The summed E-state index contributed by atoms with van der Waals surface area (Å²) in [6.45, 7) is 4.37. The van der Waals surface area contributed by atoms with E-state index >= 15 is 0 Å². The van der Waals surface area contributed by atoms with Crippen molar-refractivity contribution in [2.45, 2.75) is 52.1 Å². The zero-order valence-corrected chi connectivity index (χ0v) is 7.71. The van der Waals surface area contributed by atoms with Gasteiger partial charge in [0.05, 0.1) is 6.10 Å². The molecule has 66 valence electrons. The summed E-state index contributed by atoms with van der Waals surface area (Å²) in [6, 6.07) is 0. The van der Waals surface area contributed by atoms with Crippen LogP contribution in [0.2, 0.25) is 0 Å². The molecule has 2 unspecified atom stereocenters. The van der Waals surface area contributed by atoms with Gasteiger partial charge in [0.1, 0.15) is 0 Å². The van der Waals surface area contributed by atoms with Gasteiger partial charge in [0, 0.05) is 0 Å². The molecule has 0 radical (unpaired) electrons. The smallest absolute Gasteiger partial charge is 0.0568 e. The highest BCUT2D eigenvalue weighted by Gasteiger charge is 2.31. The lowest BCUT2D eigenvalue weighted by Gasteiger charge is -2.17. The molecule has 0 aromatic heterocycles. The molecule has 0 saturated heterocycles. The minimum Gasteiger partial charge on any atom is -0.393 e. The maximum Gasteiger partial charge on any atom is 0.0568 e. The maximum atomic E-state index is 9.66. The van der Waals surface area contributed by atoms with Crippen molar-refractivity contribution in [3.8, 4) is 0 Å².